The van der Waals surface area contributed by atoms with Crippen molar-refractivity contribution in [3.63, 3.8) is 0 Å². The fourth-order valence-corrected chi connectivity index (χ4v) is 7.75. The van der Waals surface area contributed by atoms with Gasteiger partial charge in [0.2, 0.25) is 5.91 Å². The lowest BCUT2D eigenvalue weighted by Gasteiger charge is -2.37. The van der Waals surface area contributed by atoms with E-state index in [1.165, 1.54) is 23.1 Å². The van der Waals surface area contributed by atoms with Crippen LogP contribution in [0, 0.1) is 32.6 Å². The highest BCUT2D eigenvalue weighted by Gasteiger charge is 2.35. The number of likely N-dealkylation sites (tertiary alicyclic amines) is 1. The maximum Gasteiger partial charge on any atom is 0.336 e. The van der Waals surface area contributed by atoms with E-state index < -0.39 is 12.0 Å². The topological polar surface area (TPSA) is 147 Å². The first-order valence-electron chi connectivity index (χ1n) is 16.0. The van der Waals surface area contributed by atoms with E-state index in [-0.39, 0.29) is 41.9 Å². The second kappa shape index (κ2) is 14.0. The van der Waals surface area contributed by atoms with Gasteiger partial charge in [-0.2, -0.15) is 0 Å². The highest BCUT2D eigenvalue weighted by Crippen LogP contribution is 2.40. The van der Waals surface area contributed by atoms with Crippen molar-refractivity contribution in [3.8, 4) is 16.8 Å². The highest BCUT2D eigenvalue weighted by molar-refractivity contribution is 7.15. The maximum absolute atomic E-state index is 13.9. The lowest BCUT2D eigenvalue weighted by atomic mass is 9.99. The largest absolute Gasteiger partial charge is 0.478 e. The van der Waals surface area contributed by atoms with Gasteiger partial charge >= 0.3 is 5.97 Å². The molecule has 1 atom stereocenters. The molecule has 2 aromatic carbocycles. The van der Waals surface area contributed by atoms with E-state index in [0.717, 1.165) is 33.2 Å². The molecule has 49 heavy (non-hydrogen) atoms. The Morgan fingerprint density at radius 2 is 1.80 bits per heavy atom. The van der Waals surface area contributed by atoms with Crippen LogP contribution in [0.5, 0.6) is 0 Å². The molecule has 0 radical (unpaired) electrons. The summed E-state index contributed by atoms with van der Waals surface area (Å²) in [6.07, 6.45) is 1.30. The van der Waals surface area contributed by atoms with Gasteiger partial charge in [0.1, 0.15) is 16.9 Å². The summed E-state index contributed by atoms with van der Waals surface area (Å²) in [6, 6.07) is 11.3. The Balaban J connectivity index is 1.20. The number of aryl methyl sites for hydroxylation is 2. The number of rotatable bonds is 6. The number of halogens is 1. The minimum absolute atomic E-state index is 0.0135. The molecule has 2 amide bonds. The quantitative estimate of drug-likeness (QED) is 0.271. The maximum atomic E-state index is 13.9. The third-order valence-electron chi connectivity index (χ3n) is 9.23. The zero-order chi connectivity index (χ0) is 35.0. The molecule has 1 saturated heterocycles. The Hall–Kier alpha value is -4.83. The van der Waals surface area contributed by atoms with Crippen LogP contribution in [0.4, 0.5) is 0 Å². The van der Waals surface area contributed by atoms with Gasteiger partial charge in [-0.1, -0.05) is 35.6 Å². The van der Waals surface area contributed by atoms with Crippen molar-refractivity contribution in [1.82, 2.24) is 24.6 Å². The number of fused-ring (bicyclic) bond motifs is 3. The molecular formula is C36H36ClN7O4S. The molecule has 0 aliphatic carbocycles. The zero-order valence-electron chi connectivity index (χ0n) is 27.7. The van der Waals surface area contributed by atoms with Crippen molar-refractivity contribution in [2.24, 2.45) is 10.7 Å². The van der Waals surface area contributed by atoms with Crippen molar-refractivity contribution < 1.29 is 19.5 Å². The Bertz CT molecular complexity index is 2050. The van der Waals surface area contributed by atoms with Crippen LogP contribution in [0.2, 0.25) is 5.02 Å². The first-order chi connectivity index (χ1) is 23.5. The van der Waals surface area contributed by atoms with Crippen molar-refractivity contribution in [1.29, 1.82) is 0 Å². The van der Waals surface area contributed by atoms with Gasteiger partial charge in [-0.15, -0.1) is 21.5 Å². The van der Waals surface area contributed by atoms with Crippen molar-refractivity contribution in [3.05, 3.63) is 97.4 Å². The Morgan fingerprint density at radius 1 is 1.08 bits per heavy atom. The van der Waals surface area contributed by atoms with Gasteiger partial charge < -0.3 is 20.6 Å². The minimum Gasteiger partial charge on any atom is -0.478 e. The predicted octanol–water partition coefficient (Wildman–Crippen LogP) is 4.96. The molecule has 6 rings (SSSR count). The molecular weight excluding hydrogens is 662 g/mol. The van der Waals surface area contributed by atoms with Gasteiger partial charge in [-0.3, -0.25) is 19.1 Å². The number of nitrogens with two attached hydrogens (primary N) is 1. The number of carbonyl (C=O) groups excluding carboxylic acids is 2. The second-order valence-electron chi connectivity index (χ2n) is 12.2. The van der Waals surface area contributed by atoms with Crippen LogP contribution in [0.25, 0.3) is 5.00 Å². The van der Waals surface area contributed by atoms with E-state index in [1.54, 1.807) is 23.3 Å². The molecule has 0 unspecified atom stereocenters. The molecule has 2 aliphatic rings. The number of aromatic nitrogens is 3. The van der Waals surface area contributed by atoms with Gasteiger partial charge in [-0.25, -0.2) is 4.79 Å². The number of carboxylic acids is 1. The number of nitrogens with zero attached hydrogens (tertiary/aromatic N) is 6. The average molecular weight is 698 g/mol. The molecule has 4 aromatic rings. The minimum atomic E-state index is -1.13. The average Bonchev–Trinajstić information content (AvgIpc) is 3.58. The summed E-state index contributed by atoms with van der Waals surface area (Å²) in [5.74, 6) is 5.36. The van der Waals surface area contributed by atoms with E-state index in [4.69, 9.17) is 22.3 Å². The molecule has 252 valence electrons. The summed E-state index contributed by atoms with van der Waals surface area (Å²) in [6.45, 7) is 7.11. The molecule has 1 fully saturated rings. The first kappa shape index (κ1) is 34.0. The van der Waals surface area contributed by atoms with Gasteiger partial charge in [-0.05, 0) is 69.5 Å². The number of hydrogen-bond acceptors (Lipinski definition) is 8. The molecule has 2 aliphatic heterocycles. The van der Waals surface area contributed by atoms with Crippen LogP contribution in [0.3, 0.4) is 0 Å². The summed E-state index contributed by atoms with van der Waals surface area (Å²) in [4.78, 5) is 48.9. The van der Waals surface area contributed by atoms with E-state index in [0.29, 0.717) is 42.3 Å². The Kier molecular flexibility index (Phi) is 9.70. The number of aromatic carboxylic acids is 1. The molecule has 0 spiro atoms. The number of carboxylic acid groups (broad SMARTS) is 1. The third kappa shape index (κ3) is 6.62. The lowest BCUT2D eigenvalue weighted by Crippen LogP contribution is -2.47. The summed E-state index contributed by atoms with van der Waals surface area (Å²) in [5, 5.41) is 20.1. The second-order valence-corrected chi connectivity index (χ2v) is 13.8. The number of aliphatic imine (C=N–C) groups is 1. The highest BCUT2D eigenvalue weighted by atomic mass is 35.5. The van der Waals surface area contributed by atoms with Crippen LogP contribution in [-0.2, 0) is 4.79 Å². The van der Waals surface area contributed by atoms with Crippen LogP contribution >= 0.6 is 22.9 Å². The SMILES string of the molecule is Cc1sc2c(c1C)C(c1ccc(Cl)cc1)=N[C@@H](CC(=O)N1CCC(N(C)C(=O)c3ccc(C(=O)O)c(C#CCN)c3)CC1)c1nnc(C)n1-2. The van der Waals surface area contributed by atoms with E-state index in [9.17, 15) is 19.5 Å². The number of hydrogen-bond donors (Lipinski definition) is 2. The zero-order valence-corrected chi connectivity index (χ0v) is 29.2. The van der Waals surface area contributed by atoms with Crippen LogP contribution in [0.1, 0.15) is 84.8 Å². The van der Waals surface area contributed by atoms with E-state index >= 15 is 0 Å². The summed E-state index contributed by atoms with van der Waals surface area (Å²) in [5.41, 5.74) is 9.91. The van der Waals surface area contributed by atoms with Crippen LogP contribution < -0.4 is 5.73 Å². The van der Waals surface area contributed by atoms with Crippen LogP contribution in [0.15, 0.2) is 47.5 Å². The molecule has 3 N–H and O–H groups in total. The van der Waals surface area contributed by atoms with Crippen molar-refractivity contribution >= 4 is 46.4 Å². The molecule has 13 heteroatoms. The van der Waals surface area contributed by atoms with Gasteiger partial charge in [0.15, 0.2) is 5.82 Å². The van der Waals surface area contributed by atoms with E-state index in [1.807, 2.05) is 40.7 Å². The Morgan fingerprint density at radius 3 is 2.47 bits per heavy atom. The number of amides is 2. The number of benzene rings is 2. The molecule has 11 nitrogen and oxygen atoms in total. The van der Waals surface area contributed by atoms with Crippen LogP contribution in [-0.4, -0.2) is 85.9 Å². The summed E-state index contributed by atoms with van der Waals surface area (Å²) < 4.78 is 2.03. The lowest BCUT2D eigenvalue weighted by molar-refractivity contribution is -0.133. The van der Waals surface area contributed by atoms with E-state index in [2.05, 4.69) is 35.9 Å². The fraction of sp³-hybridized carbons (Fsp3) is 0.333. The summed E-state index contributed by atoms with van der Waals surface area (Å²) in [7, 11) is 1.73. The normalized spacial score (nSPS) is 15.8. The third-order valence-corrected chi connectivity index (χ3v) is 10.7. The van der Waals surface area contributed by atoms with Gasteiger partial charge in [0.05, 0.1) is 24.2 Å². The number of piperidine rings is 1. The monoisotopic (exact) mass is 697 g/mol. The van der Waals surface area contributed by atoms with Gasteiger partial charge in [0.25, 0.3) is 5.91 Å². The molecule has 2 aromatic heterocycles. The summed E-state index contributed by atoms with van der Waals surface area (Å²) >= 11 is 7.90. The Labute approximate surface area is 293 Å². The molecule has 4 heterocycles. The number of carbonyl (C=O) groups is 3. The van der Waals surface area contributed by atoms with Gasteiger partial charge in [0, 0.05) is 58.3 Å². The number of thiophene rings is 1. The molecule has 0 bridgehead atoms. The predicted molar refractivity (Wildman–Crippen MR) is 189 cm³/mol. The smallest absolute Gasteiger partial charge is 0.336 e. The fourth-order valence-electron chi connectivity index (χ4n) is 6.41. The van der Waals surface area contributed by atoms with Crippen molar-refractivity contribution in [2.45, 2.75) is 52.1 Å². The van der Waals surface area contributed by atoms with Crippen molar-refractivity contribution in [2.75, 3.05) is 26.7 Å². The molecule has 0 saturated carbocycles. The first-order valence-corrected chi connectivity index (χ1v) is 17.2. The standard InChI is InChI=1S/C36H36ClN7O4S/c1-20-21(2)49-35-31(20)32(23-7-10-26(37)11-8-23)39-29(33-41-40-22(3)44(33)35)19-30(45)43-16-13-27(14-17-43)42(4)34(46)25-9-12-28(36(47)48)24(18-25)6-5-15-38/h7-12,18,27,29H,13-17,19,38H2,1-4H3,(H,47,48)/t29-/m0/s1.